The lowest BCUT2D eigenvalue weighted by Gasteiger charge is -2.28. The van der Waals surface area contributed by atoms with Crippen LogP contribution in [0.15, 0.2) is 21.9 Å². The molecule has 0 aliphatic carbocycles. The van der Waals surface area contributed by atoms with E-state index in [1.165, 1.54) is 4.31 Å². The number of hydrogen-bond acceptors (Lipinski definition) is 13. The average molecular weight is 755 g/mol. The third-order valence-electron chi connectivity index (χ3n) is 6.51. The molecule has 2 fully saturated rings. The van der Waals surface area contributed by atoms with Crippen LogP contribution in [0.3, 0.4) is 0 Å². The van der Waals surface area contributed by atoms with Gasteiger partial charge in [-0.05, 0) is 18.9 Å². The smallest absolute Gasteiger partial charge is 0.390 e. The highest BCUT2D eigenvalue weighted by Gasteiger charge is 2.43. The normalized spacial score (nSPS) is 24.4. The van der Waals surface area contributed by atoms with E-state index < -0.39 is 76.9 Å². The van der Waals surface area contributed by atoms with Crippen molar-refractivity contribution in [1.82, 2.24) is 24.5 Å². The minimum Gasteiger partial charge on any atom is -0.390 e. The van der Waals surface area contributed by atoms with Gasteiger partial charge in [0.1, 0.15) is 12.3 Å². The molecule has 23 nitrogen and oxygen atoms in total. The maximum atomic E-state index is 12.4. The van der Waals surface area contributed by atoms with Gasteiger partial charge in [-0.25, -0.2) is 27.0 Å². The molecule has 2 amide bonds. The van der Waals surface area contributed by atoms with Crippen LogP contribution in [-0.4, -0.2) is 104 Å². The summed E-state index contributed by atoms with van der Waals surface area (Å²) in [5.41, 5.74) is -2.08. The van der Waals surface area contributed by atoms with Gasteiger partial charge >= 0.3 is 29.2 Å². The summed E-state index contributed by atoms with van der Waals surface area (Å²) in [5.74, 6) is -1.26. The number of nitrogens with zero attached hydrogens (tertiary/aromatic N) is 2. The van der Waals surface area contributed by atoms with E-state index >= 15 is 0 Å². The molecule has 1 aromatic heterocycles. The number of aromatic nitrogens is 2. The molecule has 27 heteroatoms. The van der Waals surface area contributed by atoms with Gasteiger partial charge in [-0.3, -0.25) is 33.0 Å². The fourth-order valence-corrected chi connectivity index (χ4v) is 7.91. The number of nitrogens with one attached hydrogen (secondary N) is 3. The maximum Gasteiger partial charge on any atom is 0.490 e. The summed E-state index contributed by atoms with van der Waals surface area (Å²) in [7, 11) is -16.9. The van der Waals surface area contributed by atoms with Crippen molar-refractivity contribution in [3.8, 4) is 0 Å². The first-order valence-corrected chi connectivity index (χ1v) is 18.9. The molecule has 2 aliphatic heterocycles. The molecule has 0 aromatic carbocycles. The number of phosphoric ester groups is 1. The Bertz CT molecular complexity index is 1620. The van der Waals surface area contributed by atoms with Gasteiger partial charge in [-0.1, -0.05) is 0 Å². The van der Waals surface area contributed by atoms with E-state index in [4.69, 9.17) is 19.1 Å². The van der Waals surface area contributed by atoms with E-state index in [2.05, 4.69) is 23.8 Å². The fraction of sp³-hybridized carbons (Fsp3) is 0.600. The molecule has 47 heavy (non-hydrogen) atoms. The Balaban J connectivity index is 1.51. The van der Waals surface area contributed by atoms with Crippen molar-refractivity contribution in [3.63, 3.8) is 0 Å². The molecule has 3 heterocycles. The van der Waals surface area contributed by atoms with E-state index in [-0.39, 0.29) is 36.9 Å². The Morgan fingerprint density at radius 2 is 1.70 bits per heavy atom. The number of amides is 2. The van der Waals surface area contributed by atoms with Crippen molar-refractivity contribution in [2.24, 2.45) is 5.92 Å². The molecular weight excluding hydrogens is 723 g/mol. The number of H-pyrrole nitrogens is 1. The molecule has 0 bridgehead atoms. The van der Waals surface area contributed by atoms with Gasteiger partial charge in [-0.2, -0.15) is 8.62 Å². The van der Waals surface area contributed by atoms with Gasteiger partial charge in [0.05, 0.1) is 18.3 Å². The van der Waals surface area contributed by atoms with E-state index in [9.17, 15) is 52.0 Å². The number of aliphatic hydroxyl groups excluding tert-OH is 1. The van der Waals surface area contributed by atoms with Crippen LogP contribution in [0.2, 0.25) is 0 Å². The Morgan fingerprint density at radius 1 is 1.06 bits per heavy atom. The van der Waals surface area contributed by atoms with Crippen LogP contribution in [0.25, 0.3) is 6.08 Å². The van der Waals surface area contributed by atoms with Crippen molar-refractivity contribution in [2.75, 3.05) is 32.8 Å². The molecule has 0 saturated carbocycles. The maximum absolute atomic E-state index is 12.4. The van der Waals surface area contributed by atoms with Gasteiger partial charge in [-0.15, -0.1) is 0 Å². The minimum atomic E-state index is -5.78. The second-order valence-electron chi connectivity index (χ2n) is 9.92. The summed E-state index contributed by atoms with van der Waals surface area (Å²) in [6, 6.07) is 0. The largest absolute Gasteiger partial charge is 0.490 e. The number of ether oxygens (including phenoxy) is 1. The zero-order valence-corrected chi connectivity index (χ0v) is 27.4. The topological polar surface area (TPSA) is 343 Å². The number of carbonyl (C=O) groups is 2. The summed E-state index contributed by atoms with van der Waals surface area (Å²) in [5, 5.41) is 15.4. The first-order chi connectivity index (χ1) is 21.7. The van der Waals surface area contributed by atoms with Crippen LogP contribution >= 0.6 is 23.5 Å². The molecule has 1 aromatic rings. The Labute approximate surface area is 266 Å². The second kappa shape index (κ2) is 16.4. The van der Waals surface area contributed by atoms with Crippen molar-refractivity contribution < 1.29 is 74.6 Å². The number of aliphatic hydroxyl groups is 1. The lowest BCUT2D eigenvalue weighted by atomic mass is 9.97. The molecule has 0 spiro atoms. The zero-order valence-electron chi connectivity index (χ0n) is 23.9. The molecule has 3 unspecified atom stereocenters. The predicted molar refractivity (Wildman–Crippen MR) is 156 cm³/mol. The number of aromatic amines is 1. The van der Waals surface area contributed by atoms with Crippen molar-refractivity contribution in [3.05, 3.63) is 38.7 Å². The monoisotopic (exact) mass is 755 g/mol. The van der Waals surface area contributed by atoms with Crippen LogP contribution in [0.4, 0.5) is 0 Å². The third kappa shape index (κ3) is 12.6. The van der Waals surface area contributed by atoms with E-state index in [1.54, 1.807) is 0 Å². The van der Waals surface area contributed by atoms with Crippen LogP contribution < -0.4 is 21.9 Å². The highest BCUT2D eigenvalue weighted by atomic mass is 32.2. The Kier molecular flexibility index (Phi) is 13.7. The molecule has 2 saturated heterocycles. The quantitative estimate of drug-likeness (QED) is 0.0390. The summed E-state index contributed by atoms with van der Waals surface area (Å²) in [6.45, 7) is -0.296. The lowest BCUT2D eigenvalue weighted by molar-refractivity contribution is -0.126. The SMILES string of the molecule is O=C(/C=C/c1cn([C@H]2C[C@@H](O)[C@@H](COP(=O)(O)OP(=O)(O)OP(=O)(O)O)O2)c(=O)[nH]c1=O)NCCNC(=O)C1CCN(S(=O)O)CC1. The average Bonchev–Trinajstić information content (AvgIpc) is 3.31. The van der Waals surface area contributed by atoms with Gasteiger partial charge in [0.2, 0.25) is 23.1 Å². The van der Waals surface area contributed by atoms with E-state index in [1.807, 2.05) is 4.98 Å². The summed E-state index contributed by atoms with van der Waals surface area (Å²) in [6.07, 6.45) is -0.678. The standard InChI is InChI=1S/C20H32N5O18P3S/c26-14-9-17(41-15(14)11-40-45(34,35)43-46(36,37)42-44(31,32)33)25-10-13(19(29)23-20(25)30)1-2-16(27)21-5-6-22-18(28)12-3-7-24(8-4-12)47(38)39/h1-2,10,12,14-15,17,26H,3-9,11H2,(H,21,27)(H,22,28)(H,34,35)(H,36,37)(H,38,39)(H,23,29,30)(H2,31,32,33)/b2-1+/t14-,15-,17-/m1/s1. The third-order valence-corrected chi connectivity index (χ3v) is 11.1. The highest BCUT2D eigenvalue weighted by molar-refractivity contribution is 7.76. The van der Waals surface area contributed by atoms with Crippen LogP contribution in [0.5, 0.6) is 0 Å². The highest BCUT2D eigenvalue weighted by Crippen LogP contribution is 2.66. The fourth-order valence-electron chi connectivity index (χ4n) is 4.35. The van der Waals surface area contributed by atoms with Crippen molar-refractivity contribution in [2.45, 2.75) is 37.7 Å². The summed E-state index contributed by atoms with van der Waals surface area (Å²) >= 11 is -2.09. The molecule has 9 N–H and O–H groups in total. The van der Waals surface area contributed by atoms with Gasteiger partial charge in [0.15, 0.2) is 0 Å². The number of hydrogen-bond donors (Lipinski definition) is 9. The first-order valence-electron chi connectivity index (χ1n) is 13.3. The predicted octanol–water partition coefficient (Wildman–Crippen LogP) is -2.38. The number of carbonyl (C=O) groups excluding carboxylic acids is 2. The van der Waals surface area contributed by atoms with Gasteiger partial charge in [0, 0.05) is 50.8 Å². The first kappa shape index (κ1) is 39.2. The molecule has 0 radical (unpaired) electrons. The Morgan fingerprint density at radius 3 is 2.32 bits per heavy atom. The molecular formula is C20H32N5O18P3S. The van der Waals surface area contributed by atoms with E-state index in [0.29, 0.717) is 25.9 Å². The van der Waals surface area contributed by atoms with Gasteiger partial charge < -0.3 is 40.1 Å². The molecule has 6 atom stereocenters. The summed E-state index contributed by atoms with van der Waals surface area (Å²) < 4.78 is 73.5. The number of piperidine rings is 1. The van der Waals surface area contributed by atoms with Crippen LogP contribution in [-0.2, 0) is 52.4 Å². The van der Waals surface area contributed by atoms with Gasteiger partial charge in [0.25, 0.3) is 5.56 Å². The number of rotatable bonds is 15. The minimum absolute atomic E-state index is 0.0277. The molecule has 2 aliphatic rings. The molecule has 266 valence electrons. The second-order valence-corrected chi connectivity index (χ2v) is 15.3. The van der Waals surface area contributed by atoms with Crippen molar-refractivity contribution >= 4 is 52.6 Å². The zero-order chi connectivity index (χ0) is 35.2. The lowest BCUT2D eigenvalue weighted by Crippen LogP contribution is -2.42. The Hall–Kier alpha value is -2.24. The number of phosphoric acid groups is 3. The summed E-state index contributed by atoms with van der Waals surface area (Å²) in [4.78, 5) is 87.2. The van der Waals surface area contributed by atoms with Crippen LogP contribution in [0.1, 0.15) is 31.1 Å². The van der Waals surface area contributed by atoms with Crippen LogP contribution in [0, 0.1) is 5.92 Å². The molecule has 3 rings (SSSR count). The van der Waals surface area contributed by atoms with E-state index in [0.717, 1.165) is 22.9 Å². The van der Waals surface area contributed by atoms with Crippen molar-refractivity contribution in [1.29, 1.82) is 0 Å².